The largest absolute Gasteiger partial charge is 0.378 e. The molecule has 5 nitrogen and oxygen atoms in total. The molecule has 0 radical (unpaired) electrons. The van der Waals surface area contributed by atoms with Crippen molar-refractivity contribution in [2.75, 3.05) is 24.4 Å². The van der Waals surface area contributed by atoms with Crippen LogP contribution < -0.4 is 10.3 Å². The quantitative estimate of drug-likeness (QED) is 0.376. The third kappa shape index (κ3) is 4.36. The van der Waals surface area contributed by atoms with Gasteiger partial charge in [-0.3, -0.25) is 5.43 Å². The molecule has 0 fully saturated rings. The van der Waals surface area contributed by atoms with Gasteiger partial charge in [-0.2, -0.15) is 5.10 Å². The summed E-state index contributed by atoms with van der Waals surface area (Å²) in [5.41, 5.74) is 5.64. The van der Waals surface area contributed by atoms with E-state index in [-0.39, 0.29) is 5.82 Å². The van der Waals surface area contributed by atoms with Crippen LogP contribution in [0.1, 0.15) is 11.4 Å². The van der Waals surface area contributed by atoms with Gasteiger partial charge in [-0.15, -0.1) is 0 Å². The number of rotatable bonds is 4. The second kappa shape index (κ2) is 7.66. The number of nitrogens with one attached hydrogen (secondary N) is 1. The third-order valence-corrected chi connectivity index (χ3v) is 4.16. The van der Waals surface area contributed by atoms with Crippen molar-refractivity contribution >= 4 is 63.4 Å². The lowest BCUT2D eigenvalue weighted by Crippen LogP contribution is -2.09. The summed E-state index contributed by atoms with van der Waals surface area (Å²) in [7, 11) is 3.99. The first-order chi connectivity index (χ1) is 12.3. The zero-order chi connectivity index (χ0) is 18.7. The Kier molecular flexibility index (Phi) is 5.51. The highest BCUT2D eigenvalue weighted by Crippen LogP contribution is 2.37. The molecule has 1 heterocycles. The number of fused-ring (bicyclic) bond motifs is 1. The first-order valence-electron chi connectivity index (χ1n) is 7.75. The zero-order valence-corrected chi connectivity index (χ0v) is 16.4. The molecular weight excluding hydrogens is 393 g/mol. The second-order valence-electron chi connectivity index (χ2n) is 5.77. The van der Waals surface area contributed by atoms with Gasteiger partial charge in [0.25, 0.3) is 0 Å². The molecule has 0 aliphatic heterocycles. The molecule has 3 rings (SSSR count). The van der Waals surface area contributed by atoms with Gasteiger partial charge in [-0.05, 0) is 29.8 Å². The smallest absolute Gasteiger partial charge is 0.250 e. The molecule has 0 unspecified atom stereocenters. The Bertz CT molecular complexity index is 934. The molecule has 0 aliphatic carbocycles. The molecule has 3 aromatic rings. The van der Waals surface area contributed by atoms with Gasteiger partial charge >= 0.3 is 0 Å². The molecule has 1 N–H and O–H groups in total. The van der Waals surface area contributed by atoms with Crippen molar-refractivity contribution in [1.82, 2.24) is 9.97 Å². The summed E-state index contributed by atoms with van der Waals surface area (Å²) in [6.07, 6.45) is 1.70. The fourth-order valence-electron chi connectivity index (χ4n) is 2.32. The zero-order valence-electron chi connectivity index (χ0n) is 14.1. The van der Waals surface area contributed by atoms with Gasteiger partial charge in [0.1, 0.15) is 0 Å². The second-order valence-corrected chi connectivity index (χ2v) is 8.05. The van der Waals surface area contributed by atoms with Crippen LogP contribution in [0.5, 0.6) is 0 Å². The van der Waals surface area contributed by atoms with Crippen LogP contribution in [0, 0.1) is 0 Å². The summed E-state index contributed by atoms with van der Waals surface area (Å²) in [6.45, 7) is 0. The monoisotopic (exact) mass is 407 g/mol. The number of aromatic nitrogens is 2. The number of halogens is 3. The van der Waals surface area contributed by atoms with Gasteiger partial charge in [0, 0.05) is 25.2 Å². The van der Waals surface area contributed by atoms with Gasteiger partial charge in [-0.1, -0.05) is 59.1 Å². The number of anilines is 2. The Balaban J connectivity index is 1.88. The van der Waals surface area contributed by atoms with Gasteiger partial charge in [0.05, 0.1) is 11.7 Å². The number of hydrogen-bond donors (Lipinski definition) is 1. The van der Waals surface area contributed by atoms with Crippen LogP contribution in [0.25, 0.3) is 10.9 Å². The number of hydrazone groups is 1. The molecule has 0 atom stereocenters. The Morgan fingerprint density at radius 1 is 1.00 bits per heavy atom. The van der Waals surface area contributed by atoms with E-state index in [4.69, 9.17) is 34.8 Å². The summed E-state index contributed by atoms with van der Waals surface area (Å²) in [5.74, 6) is 0.562. The van der Waals surface area contributed by atoms with E-state index in [1.807, 2.05) is 67.5 Å². The van der Waals surface area contributed by atoms with E-state index in [0.29, 0.717) is 11.3 Å². The third-order valence-electron chi connectivity index (χ3n) is 3.65. The molecular formula is C18H16Cl3N5. The molecule has 26 heavy (non-hydrogen) atoms. The minimum Gasteiger partial charge on any atom is -0.378 e. The SMILES string of the molecule is CN(C)c1ccc(/C=N\Nc2nc(C(Cl)(Cl)Cl)nc3ccccc23)cc1. The van der Waals surface area contributed by atoms with Crippen LogP contribution in [-0.4, -0.2) is 30.3 Å². The van der Waals surface area contributed by atoms with Crippen LogP contribution in [0.3, 0.4) is 0 Å². The lowest BCUT2D eigenvalue weighted by atomic mass is 10.2. The Morgan fingerprint density at radius 3 is 2.35 bits per heavy atom. The standard InChI is InChI=1S/C18H16Cl3N5/c1-26(2)13-9-7-12(8-10-13)11-22-25-16-14-5-3-4-6-15(14)23-17(24-16)18(19,20)21/h3-11H,1-2H3,(H,23,24,25)/b22-11-. The topological polar surface area (TPSA) is 53.4 Å². The van der Waals surface area contributed by atoms with E-state index < -0.39 is 3.79 Å². The highest BCUT2D eigenvalue weighted by molar-refractivity contribution is 6.66. The minimum absolute atomic E-state index is 0.0919. The van der Waals surface area contributed by atoms with Crippen LogP contribution in [-0.2, 0) is 3.79 Å². The summed E-state index contributed by atoms with van der Waals surface area (Å²) in [4.78, 5) is 10.6. The fraction of sp³-hybridized carbons (Fsp3) is 0.167. The predicted molar refractivity (Wildman–Crippen MR) is 111 cm³/mol. The van der Waals surface area contributed by atoms with Crippen LogP contribution in [0.4, 0.5) is 11.5 Å². The molecule has 8 heteroatoms. The van der Waals surface area contributed by atoms with Gasteiger partial charge in [0.15, 0.2) is 11.6 Å². The lowest BCUT2D eigenvalue weighted by Gasteiger charge is -2.13. The Morgan fingerprint density at radius 2 is 1.69 bits per heavy atom. The highest BCUT2D eigenvalue weighted by atomic mass is 35.6. The molecule has 0 spiro atoms. The molecule has 0 saturated carbocycles. The molecule has 134 valence electrons. The first-order valence-corrected chi connectivity index (χ1v) is 8.88. The summed E-state index contributed by atoms with van der Waals surface area (Å²) in [6, 6.07) is 15.4. The van der Waals surface area contributed by atoms with Gasteiger partial charge in [-0.25, -0.2) is 9.97 Å². The van der Waals surface area contributed by atoms with Crippen LogP contribution in [0.15, 0.2) is 53.6 Å². The molecule has 0 bridgehead atoms. The summed E-state index contributed by atoms with van der Waals surface area (Å²) in [5, 5.41) is 5.03. The van der Waals surface area contributed by atoms with E-state index >= 15 is 0 Å². The summed E-state index contributed by atoms with van der Waals surface area (Å²) < 4.78 is -1.72. The average Bonchev–Trinajstić information content (AvgIpc) is 2.61. The van der Waals surface area contributed by atoms with E-state index in [0.717, 1.165) is 16.6 Å². The fourth-order valence-corrected chi connectivity index (χ4v) is 2.57. The maximum Gasteiger partial charge on any atom is 0.250 e. The molecule has 0 amide bonds. The van der Waals surface area contributed by atoms with Crippen molar-refractivity contribution in [3.8, 4) is 0 Å². The Hall–Kier alpha value is -2.08. The van der Waals surface area contributed by atoms with E-state index in [1.165, 1.54) is 0 Å². The molecule has 0 saturated heterocycles. The number of para-hydroxylation sites is 1. The highest BCUT2D eigenvalue weighted by Gasteiger charge is 2.28. The number of hydrogen-bond acceptors (Lipinski definition) is 5. The van der Waals surface area contributed by atoms with E-state index in [9.17, 15) is 0 Å². The van der Waals surface area contributed by atoms with Crippen molar-refractivity contribution in [3.05, 3.63) is 59.9 Å². The lowest BCUT2D eigenvalue weighted by molar-refractivity contribution is 0.992. The van der Waals surface area contributed by atoms with Crippen molar-refractivity contribution in [1.29, 1.82) is 0 Å². The molecule has 0 aliphatic rings. The average molecular weight is 409 g/mol. The van der Waals surface area contributed by atoms with Crippen molar-refractivity contribution in [2.45, 2.75) is 3.79 Å². The van der Waals surface area contributed by atoms with Crippen LogP contribution in [0.2, 0.25) is 0 Å². The minimum atomic E-state index is -1.72. The Labute approximate surface area is 166 Å². The van der Waals surface area contributed by atoms with Crippen LogP contribution >= 0.6 is 34.8 Å². The van der Waals surface area contributed by atoms with E-state index in [2.05, 4.69) is 20.5 Å². The van der Waals surface area contributed by atoms with Gasteiger partial charge < -0.3 is 4.90 Å². The number of nitrogens with zero attached hydrogens (tertiary/aromatic N) is 4. The van der Waals surface area contributed by atoms with Crippen molar-refractivity contribution in [3.63, 3.8) is 0 Å². The molecule has 2 aromatic carbocycles. The maximum atomic E-state index is 5.94. The van der Waals surface area contributed by atoms with E-state index in [1.54, 1.807) is 6.21 Å². The normalized spacial score (nSPS) is 11.9. The number of alkyl halides is 3. The molecule has 1 aromatic heterocycles. The maximum absolute atomic E-state index is 5.94. The van der Waals surface area contributed by atoms with Gasteiger partial charge in [0.2, 0.25) is 3.79 Å². The van der Waals surface area contributed by atoms with Crippen molar-refractivity contribution in [2.24, 2.45) is 5.10 Å². The van der Waals surface area contributed by atoms with Crippen molar-refractivity contribution < 1.29 is 0 Å². The number of benzene rings is 2. The predicted octanol–water partition coefficient (Wildman–Crippen LogP) is 4.97. The summed E-state index contributed by atoms with van der Waals surface area (Å²) >= 11 is 17.8. The first kappa shape index (κ1) is 18.7.